The van der Waals surface area contributed by atoms with Crippen LogP contribution in [0.4, 0.5) is 0 Å². The molecule has 1 aromatic carbocycles. The fourth-order valence-electron chi connectivity index (χ4n) is 3.45. The molecule has 4 nitrogen and oxygen atoms in total. The van der Waals surface area contributed by atoms with Gasteiger partial charge in [-0.2, -0.15) is 5.10 Å². The molecule has 0 saturated carbocycles. The molecule has 1 aromatic heterocycles. The summed E-state index contributed by atoms with van der Waals surface area (Å²) in [6.07, 6.45) is 3.12. The Balaban J connectivity index is 1.49. The average molecular weight is 416 g/mol. The summed E-state index contributed by atoms with van der Waals surface area (Å²) in [6, 6.07) is 14.2. The van der Waals surface area contributed by atoms with E-state index in [9.17, 15) is 4.79 Å². The van der Waals surface area contributed by atoms with Crippen LogP contribution >= 0.6 is 35.3 Å². The molecule has 2 aliphatic heterocycles. The Labute approximate surface area is 173 Å². The number of hydrogen-bond donors (Lipinski definition) is 0. The van der Waals surface area contributed by atoms with Gasteiger partial charge in [0.15, 0.2) is 0 Å². The number of thioether (sulfide) groups is 1. The van der Waals surface area contributed by atoms with Gasteiger partial charge in [0.05, 0.1) is 22.4 Å². The van der Waals surface area contributed by atoms with E-state index in [1.807, 2.05) is 29.6 Å². The van der Waals surface area contributed by atoms with Crippen LogP contribution < -0.4 is 0 Å². The average Bonchev–Trinajstić information content (AvgIpc) is 3.47. The molecule has 1 atom stereocenters. The second kappa shape index (κ2) is 8.54. The lowest BCUT2D eigenvalue weighted by Gasteiger charge is -2.23. The first-order chi connectivity index (χ1) is 13.2. The molecule has 1 fully saturated rings. The van der Waals surface area contributed by atoms with Crippen molar-refractivity contribution in [2.45, 2.75) is 25.3 Å². The van der Waals surface area contributed by atoms with Crippen LogP contribution in [-0.4, -0.2) is 44.7 Å². The summed E-state index contributed by atoms with van der Waals surface area (Å²) < 4.78 is 0.832. The highest BCUT2D eigenvalue weighted by atomic mass is 32.2. The number of hydrazone groups is 1. The lowest BCUT2D eigenvalue weighted by molar-refractivity contribution is -0.130. The minimum absolute atomic E-state index is 0.0157. The van der Waals surface area contributed by atoms with Gasteiger partial charge in [0.25, 0.3) is 5.91 Å². The van der Waals surface area contributed by atoms with Gasteiger partial charge in [-0.25, -0.2) is 5.01 Å². The number of rotatable bonds is 4. The highest BCUT2D eigenvalue weighted by molar-refractivity contribution is 8.23. The zero-order valence-electron chi connectivity index (χ0n) is 14.9. The van der Waals surface area contributed by atoms with Crippen LogP contribution in [0.1, 0.15) is 35.7 Å². The van der Waals surface area contributed by atoms with Crippen LogP contribution in [0.5, 0.6) is 0 Å². The van der Waals surface area contributed by atoms with E-state index in [0.717, 1.165) is 40.0 Å². The minimum atomic E-state index is -0.0447. The van der Waals surface area contributed by atoms with E-state index in [0.29, 0.717) is 5.75 Å². The number of thiocarbonyl (C=S) groups is 1. The van der Waals surface area contributed by atoms with Gasteiger partial charge in [-0.15, -0.1) is 11.3 Å². The number of benzene rings is 1. The highest BCUT2D eigenvalue weighted by Crippen LogP contribution is 2.34. The molecule has 4 rings (SSSR count). The van der Waals surface area contributed by atoms with Crippen LogP contribution in [0, 0.1) is 0 Å². The molecule has 140 valence electrons. The summed E-state index contributed by atoms with van der Waals surface area (Å²) in [5.74, 6) is 0.349. The van der Waals surface area contributed by atoms with Gasteiger partial charge < -0.3 is 4.90 Å². The Morgan fingerprint density at radius 3 is 2.67 bits per heavy atom. The van der Waals surface area contributed by atoms with Crippen molar-refractivity contribution in [2.24, 2.45) is 5.10 Å². The number of nitrogens with zero attached hydrogens (tertiary/aromatic N) is 3. The molecule has 0 radical (unpaired) electrons. The van der Waals surface area contributed by atoms with Crippen molar-refractivity contribution in [3.05, 3.63) is 58.3 Å². The summed E-state index contributed by atoms with van der Waals surface area (Å²) in [4.78, 5) is 16.3. The molecule has 0 bridgehead atoms. The lowest BCUT2D eigenvalue weighted by Crippen LogP contribution is -2.30. The van der Waals surface area contributed by atoms with Crippen LogP contribution in [0.2, 0.25) is 0 Å². The van der Waals surface area contributed by atoms with Gasteiger partial charge in [0.2, 0.25) is 0 Å². The SMILES string of the molecule is O=C(CSC(=S)N1CCCC1)N1N=C(c2cccs2)C[C@H]1c1ccccc1. The molecule has 7 heteroatoms. The normalized spacial score (nSPS) is 19.4. The quantitative estimate of drug-likeness (QED) is 0.687. The summed E-state index contributed by atoms with van der Waals surface area (Å²) in [5.41, 5.74) is 2.10. The predicted molar refractivity (Wildman–Crippen MR) is 117 cm³/mol. The highest BCUT2D eigenvalue weighted by Gasteiger charge is 2.33. The van der Waals surface area contributed by atoms with E-state index in [-0.39, 0.29) is 11.9 Å². The fraction of sp³-hybridized carbons (Fsp3) is 0.350. The zero-order valence-corrected chi connectivity index (χ0v) is 17.4. The van der Waals surface area contributed by atoms with Crippen LogP contribution in [0.15, 0.2) is 52.9 Å². The molecule has 1 saturated heterocycles. The molecule has 0 N–H and O–H groups in total. The monoisotopic (exact) mass is 415 g/mol. The lowest BCUT2D eigenvalue weighted by atomic mass is 10.0. The number of carbonyl (C=O) groups excluding carboxylic acids is 1. The Kier molecular flexibility index (Phi) is 5.90. The number of amides is 1. The molecule has 2 aromatic rings. The molecular weight excluding hydrogens is 394 g/mol. The standard InChI is InChI=1S/C20H21N3OS3/c24-19(14-27-20(25)22-10-4-5-11-22)23-17(15-7-2-1-3-8-15)13-16(21-23)18-9-6-12-26-18/h1-3,6-9,12,17H,4-5,10-11,13-14H2/t17-/m0/s1. The van der Waals surface area contributed by atoms with Crippen molar-refractivity contribution in [1.29, 1.82) is 0 Å². The molecule has 0 spiro atoms. The molecule has 0 unspecified atom stereocenters. The fourth-order valence-corrected chi connectivity index (χ4v) is 5.27. The number of thiophene rings is 1. The first kappa shape index (κ1) is 18.7. The molecule has 3 heterocycles. The van der Waals surface area contributed by atoms with Gasteiger partial charge in [-0.1, -0.05) is 60.4 Å². The van der Waals surface area contributed by atoms with Crippen molar-refractivity contribution in [2.75, 3.05) is 18.8 Å². The maximum Gasteiger partial charge on any atom is 0.253 e. The van der Waals surface area contributed by atoms with Gasteiger partial charge >= 0.3 is 0 Å². The number of likely N-dealkylation sites (tertiary alicyclic amines) is 1. The third-order valence-electron chi connectivity index (χ3n) is 4.84. The first-order valence-electron chi connectivity index (χ1n) is 9.12. The topological polar surface area (TPSA) is 35.9 Å². The van der Waals surface area contributed by atoms with Crippen molar-refractivity contribution in [1.82, 2.24) is 9.91 Å². The third kappa shape index (κ3) is 4.25. The summed E-state index contributed by atoms with van der Waals surface area (Å²) >= 11 is 8.63. The molecule has 0 aliphatic carbocycles. The second-order valence-corrected chi connectivity index (χ2v) is 9.20. The molecule has 27 heavy (non-hydrogen) atoms. The largest absolute Gasteiger partial charge is 0.358 e. The predicted octanol–water partition coefficient (Wildman–Crippen LogP) is 4.54. The zero-order chi connectivity index (χ0) is 18.6. The van der Waals surface area contributed by atoms with Crippen molar-refractivity contribution in [3.8, 4) is 0 Å². The van der Waals surface area contributed by atoms with Gasteiger partial charge in [0.1, 0.15) is 4.32 Å². The summed E-state index contributed by atoms with van der Waals surface area (Å²) in [6.45, 7) is 2.02. The summed E-state index contributed by atoms with van der Waals surface area (Å²) in [7, 11) is 0. The van der Waals surface area contributed by atoms with Crippen LogP contribution in [-0.2, 0) is 4.79 Å². The summed E-state index contributed by atoms with van der Waals surface area (Å²) in [5, 5.41) is 8.42. The van der Waals surface area contributed by atoms with Crippen LogP contribution in [0.3, 0.4) is 0 Å². The molecule has 1 amide bonds. The van der Waals surface area contributed by atoms with E-state index in [2.05, 4.69) is 23.1 Å². The maximum atomic E-state index is 13.0. The Morgan fingerprint density at radius 1 is 1.19 bits per heavy atom. The van der Waals surface area contributed by atoms with E-state index in [4.69, 9.17) is 17.3 Å². The Hall–Kier alpha value is -1.70. The smallest absolute Gasteiger partial charge is 0.253 e. The molecular formula is C20H21N3OS3. The van der Waals surface area contributed by atoms with E-state index in [1.165, 1.54) is 24.6 Å². The Bertz CT molecular complexity index is 829. The third-order valence-corrected chi connectivity index (χ3v) is 7.27. The van der Waals surface area contributed by atoms with Crippen molar-refractivity contribution < 1.29 is 4.79 Å². The second-order valence-electron chi connectivity index (χ2n) is 6.64. The van der Waals surface area contributed by atoms with E-state index < -0.39 is 0 Å². The minimum Gasteiger partial charge on any atom is -0.358 e. The van der Waals surface area contributed by atoms with E-state index >= 15 is 0 Å². The van der Waals surface area contributed by atoms with E-state index in [1.54, 1.807) is 16.3 Å². The number of carbonyl (C=O) groups is 1. The van der Waals surface area contributed by atoms with Crippen LogP contribution in [0.25, 0.3) is 0 Å². The first-order valence-corrected chi connectivity index (χ1v) is 11.4. The Morgan fingerprint density at radius 2 is 1.96 bits per heavy atom. The molecule has 2 aliphatic rings. The van der Waals surface area contributed by atoms with Crippen molar-refractivity contribution in [3.63, 3.8) is 0 Å². The number of hydrogen-bond acceptors (Lipinski definition) is 5. The van der Waals surface area contributed by atoms with Crippen molar-refractivity contribution >= 4 is 51.3 Å². The van der Waals surface area contributed by atoms with Gasteiger partial charge in [0, 0.05) is 19.5 Å². The van der Waals surface area contributed by atoms with Gasteiger partial charge in [-0.3, -0.25) is 4.79 Å². The van der Waals surface area contributed by atoms with Gasteiger partial charge in [-0.05, 0) is 29.9 Å². The maximum absolute atomic E-state index is 13.0.